The van der Waals surface area contributed by atoms with Crippen molar-refractivity contribution >= 4 is 12.6 Å². The van der Waals surface area contributed by atoms with Gasteiger partial charge < -0.3 is 9.64 Å². The molecule has 0 amide bonds. The summed E-state index contributed by atoms with van der Waals surface area (Å²) in [5.74, 6) is 1.64. The molecule has 1 atom stereocenters. The fourth-order valence-corrected chi connectivity index (χ4v) is 2.56. The quantitative estimate of drug-likeness (QED) is 0.748. The van der Waals surface area contributed by atoms with Gasteiger partial charge in [0.25, 0.3) is 0 Å². The number of thiol groups is 1. The highest BCUT2D eigenvalue weighted by Gasteiger charge is 2.25. The van der Waals surface area contributed by atoms with Crippen LogP contribution in [-0.2, 0) is 4.74 Å². The van der Waals surface area contributed by atoms with Crippen LogP contribution in [0.2, 0.25) is 0 Å². The van der Waals surface area contributed by atoms with Crippen LogP contribution in [0.3, 0.4) is 0 Å². The van der Waals surface area contributed by atoms with Crippen LogP contribution in [0.1, 0.15) is 27.2 Å². The van der Waals surface area contributed by atoms with E-state index in [4.69, 9.17) is 4.74 Å². The Morgan fingerprint density at radius 2 is 2.00 bits per heavy atom. The zero-order valence-corrected chi connectivity index (χ0v) is 11.2. The first-order valence-corrected chi connectivity index (χ1v) is 6.58. The van der Waals surface area contributed by atoms with E-state index < -0.39 is 0 Å². The molecule has 1 rings (SSSR count). The Balaban J connectivity index is 2.42. The molecule has 0 saturated carbocycles. The van der Waals surface area contributed by atoms with E-state index in [1.807, 2.05) is 0 Å². The second-order valence-corrected chi connectivity index (χ2v) is 5.88. The Labute approximate surface area is 99.8 Å². The third-order valence-electron chi connectivity index (χ3n) is 3.24. The zero-order valence-electron chi connectivity index (χ0n) is 10.3. The van der Waals surface area contributed by atoms with Crippen molar-refractivity contribution in [1.29, 1.82) is 0 Å². The van der Waals surface area contributed by atoms with Crippen molar-refractivity contribution in [2.75, 3.05) is 38.6 Å². The average molecular weight is 231 g/mol. The van der Waals surface area contributed by atoms with E-state index in [2.05, 4.69) is 38.3 Å². The highest BCUT2D eigenvalue weighted by atomic mass is 32.1. The fraction of sp³-hybridized carbons (Fsp3) is 1.00. The maximum absolute atomic E-state index is 5.46. The first-order valence-electron chi connectivity index (χ1n) is 5.95. The molecule has 2 nitrogen and oxygen atoms in total. The fourth-order valence-electron chi connectivity index (χ4n) is 1.90. The lowest BCUT2D eigenvalue weighted by Gasteiger charge is -2.34. The van der Waals surface area contributed by atoms with Crippen molar-refractivity contribution in [2.24, 2.45) is 11.3 Å². The zero-order chi connectivity index (χ0) is 11.3. The second kappa shape index (κ2) is 6.12. The molecule has 1 aliphatic rings. The summed E-state index contributed by atoms with van der Waals surface area (Å²) in [7, 11) is 0. The molecular formula is C12H25NOS. The van der Waals surface area contributed by atoms with Crippen molar-refractivity contribution in [3.8, 4) is 0 Å². The van der Waals surface area contributed by atoms with Crippen LogP contribution in [0, 0.1) is 11.3 Å². The highest BCUT2D eigenvalue weighted by molar-refractivity contribution is 7.80. The second-order valence-electron chi connectivity index (χ2n) is 5.51. The van der Waals surface area contributed by atoms with Crippen LogP contribution in [0.4, 0.5) is 0 Å². The van der Waals surface area contributed by atoms with Crippen molar-refractivity contribution in [3.05, 3.63) is 0 Å². The van der Waals surface area contributed by atoms with Crippen molar-refractivity contribution in [1.82, 2.24) is 4.90 Å². The molecule has 1 saturated heterocycles. The maximum Gasteiger partial charge on any atom is 0.0593 e. The lowest BCUT2D eigenvalue weighted by molar-refractivity contribution is 0.129. The lowest BCUT2D eigenvalue weighted by atomic mass is 9.81. The van der Waals surface area contributed by atoms with Gasteiger partial charge in [-0.15, -0.1) is 0 Å². The number of hydrogen-bond donors (Lipinski definition) is 1. The van der Waals surface area contributed by atoms with E-state index in [1.165, 1.54) is 13.0 Å². The van der Waals surface area contributed by atoms with E-state index in [9.17, 15) is 0 Å². The van der Waals surface area contributed by atoms with Crippen LogP contribution in [0.15, 0.2) is 0 Å². The normalized spacial score (nSPS) is 22.4. The van der Waals surface area contributed by atoms with E-state index >= 15 is 0 Å². The molecule has 0 aromatic carbocycles. The number of rotatable bonds is 3. The van der Waals surface area contributed by atoms with Crippen molar-refractivity contribution in [3.63, 3.8) is 0 Å². The molecule has 0 aliphatic carbocycles. The summed E-state index contributed by atoms with van der Waals surface area (Å²) in [6.45, 7) is 12.2. The third-order valence-corrected chi connectivity index (χ3v) is 3.68. The maximum atomic E-state index is 5.46. The Morgan fingerprint density at radius 3 is 2.60 bits per heavy atom. The van der Waals surface area contributed by atoms with Crippen LogP contribution in [0.25, 0.3) is 0 Å². The Hall–Kier alpha value is 0.270. The molecule has 1 aliphatic heterocycles. The lowest BCUT2D eigenvalue weighted by Crippen LogP contribution is -2.37. The van der Waals surface area contributed by atoms with Crippen LogP contribution < -0.4 is 0 Å². The van der Waals surface area contributed by atoms with Crippen molar-refractivity contribution < 1.29 is 4.74 Å². The number of hydrogen-bond acceptors (Lipinski definition) is 3. The van der Waals surface area contributed by atoms with Gasteiger partial charge in [0.05, 0.1) is 6.61 Å². The van der Waals surface area contributed by atoms with Gasteiger partial charge in [0.1, 0.15) is 0 Å². The van der Waals surface area contributed by atoms with Crippen LogP contribution in [-0.4, -0.2) is 43.5 Å². The molecule has 90 valence electrons. The third kappa shape index (κ3) is 4.75. The van der Waals surface area contributed by atoms with E-state index in [0.717, 1.165) is 32.1 Å². The Bertz CT molecular complexity index is 171. The molecule has 0 bridgehead atoms. The van der Waals surface area contributed by atoms with Gasteiger partial charge in [0, 0.05) is 26.2 Å². The van der Waals surface area contributed by atoms with Gasteiger partial charge >= 0.3 is 0 Å². The van der Waals surface area contributed by atoms with Gasteiger partial charge in [-0.3, -0.25) is 0 Å². The van der Waals surface area contributed by atoms with Gasteiger partial charge in [-0.05, 0) is 23.5 Å². The average Bonchev–Trinajstić information content (AvgIpc) is 2.40. The molecule has 0 spiro atoms. The molecule has 1 unspecified atom stereocenters. The monoisotopic (exact) mass is 231 g/mol. The summed E-state index contributed by atoms with van der Waals surface area (Å²) < 4.78 is 5.46. The molecule has 1 heterocycles. The molecular weight excluding hydrogens is 206 g/mol. The largest absolute Gasteiger partial charge is 0.380 e. The topological polar surface area (TPSA) is 12.5 Å². The van der Waals surface area contributed by atoms with Gasteiger partial charge in [-0.1, -0.05) is 20.8 Å². The minimum absolute atomic E-state index is 0.356. The van der Waals surface area contributed by atoms with E-state index in [0.29, 0.717) is 11.3 Å². The summed E-state index contributed by atoms with van der Waals surface area (Å²) in [5.41, 5.74) is 0.356. The Kier molecular flexibility index (Phi) is 5.44. The Morgan fingerprint density at radius 1 is 1.27 bits per heavy atom. The molecule has 1 fully saturated rings. The smallest absolute Gasteiger partial charge is 0.0593 e. The van der Waals surface area contributed by atoms with Gasteiger partial charge in [0.2, 0.25) is 0 Å². The minimum Gasteiger partial charge on any atom is -0.380 e. The van der Waals surface area contributed by atoms with E-state index in [-0.39, 0.29) is 0 Å². The van der Waals surface area contributed by atoms with Crippen LogP contribution in [0.5, 0.6) is 0 Å². The number of nitrogens with zero attached hydrogens (tertiary/aromatic N) is 1. The summed E-state index contributed by atoms with van der Waals surface area (Å²) in [6, 6.07) is 0. The molecule has 0 N–H and O–H groups in total. The molecule has 0 radical (unpaired) electrons. The molecule has 0 aromatic rings. The number of ether oxygens (including phenoxy) is 1. The van der Waals surface area contributed by atoms with E-state index in [1.54, 1.807) is 0 Å². The van der Waals surface area contributed by atoms with Gasteiger partial charge in [-0.25, -0.2) is 0 Å². The first-order chi connectivity index (χ1) is 7.04. The van der Waals surface area contributed by atoms with Gasteiger partial charge in [0.15, 0.2) is 0 Å². The predicted molar refractivity (Wildman–Crippen MR) is 68.7 cm³/mol. The van der Waals surface area contributed by atoms with Crippen LogP contribution >= 0.6 is 12.6 Å². The first kappa shape index (κ1) is 13.3. The minimum atomic E-state index is 0.356. The predicted octanol–water partition coefficient (Wildman–Crippen LogP) is 2.30. The van der Waals surface area contributed by atoms with Gasteiger partial charge in [-0.2, -0.15) is 12.6 Å². The standard InChI is InChI=1S/C12H25NOS/c1-12(2,3)11(10-15)9-13-5-4-7-14-8-6-13/h11,15H,4-10H2,1-3H3. The molecule has 0 aromatic heterocycles. The summed E-state index contributed by atoms with van der Waals surface area (Å²) in [4.78, 5) is 2.53. The SMILES string of the molecule is CC(C)(C)C(CS)CN1CCCOCC1. The summed E-state index contributed by atoms with van der Waals surface area (Å²) >= 11 is 4.48. The molecule has 3 heteroatoms. The summed E-state index contributed by atoms with van der Waals surface area (Å²) in [6.07, 6.45) is 1.17. The summed E-state index contributed by atoms with van der Waals surface area (Å²) in [5, 5.41) is 0. The van der Waals surface area contributed by atoms with Crippen molar-refractivity contribution in [2.45, 2.75) is 27.2 Å². The molecule has 15 heavy (non-hydrogen) atoms. The highest BCUT2D eigenvalue weighted by Crippen LogP contribution is 2.27.